The first kappa shape index (κ1) is 18.0. The minimum absolute atomic E-state index is 0.0457. The van der Waals surface area contributed by atoms with Crippen molar-refractivity contribution in [2.75, 3.05) is 49.1 Å². The van der Waals surface area contributed by atoms with Gasteiger partial charge < -0.3 is 14.7 Å². The second kappa shape index (κ2) is 8.13. The molecule has 2 aromatic rings. The molecule has 1 aromatic heterocycles. The Morgan fingerprint density at radius 2 is 1.89 bits per heavy atom. The molecule has 0 N–H and O–H groups in total. The molecule has 7 heteroatoms. The van der Waals surface area contributed by atoms with Crippen LogP contribution in [0.2, 0.25) is 5.02 Å². The summed E-state index contributed by atoms with van der Waals surface area (Å²) in [5.74, 6) is 1.20. The number of nitrogens with zero attached hydrogens (tertiary/aromatic N) is 5. The van der Waals surface area contributed by atoms with Gasteiger partial charge >= 0.3 is 0 Å². The topological polar surface area (TPSA) is 52.6 Å². The Kier molecular flexibility index (Phi) is 5.43. The number of carbonyl (C=O) groups is 1. The van der Waals surface area contributed by atoms with Gasteiger partial charge in [-0.3, -0.25) is 4.79 Å². The van der Waals surface area contributed by atoms with Gasteiger partial charge in [-0.25, -0.2) is 0 Å². The Hall–Kier alpha value is -2.34. The van der Waals surface area contributed by atoms with Crippen LogP contribution in [0.4, 0.5) is 11.5 Å². The summed E-state index contributed by atoms with van der Waals surface area (Å²) < 4.78 is 0. The Morgan fingerprint density at radius 3 is 2.70 bits per heavy atom. The van der Waals surface area contributed by atoms with E-state index in [9.17, 15) is 4.79 Å². The van der Waals surface area contributed by atoms with Crippen molar-refractivity contribution in [3.8, 4) is 0 Å². The zero-order valence-corrected chi connectivity index (χ0v) is 16.1. The highest BCUT2D eigenvalue weighted by Crippen LogP contribution is 2.31. The normalized spacial score (nSPS) is 20.6. The standard InChI is InChI=1S/C20H24ClN5O/c21-17-5-1-2-6-18(17)26-12-8-16(15-26)20(27)25-11-4-10-24(13-14-25)19-7-3-9-22-23-19/h1-3,5-7,9,16H,4,8,10-15H2/t16-/m0/s1. The van der Waals surface area contributed by atoms with Gasteiger partial charge in [-0.1, -0.05) is 23.7 Å². The van der Waals surface area contributed by atoms with Crippen molar-refractivity contribution < 1.29 is 4.79 Å². The summed E-state index contributed by atoms with van der Waals surface area (Å²) in [6, 6.07) is 11.7. The van der Waals surface area contributed by atoms with Gasteiger partial charge in [0.2, 0.25) is 5.91 Å². The second-order valence-corrected chi connectivity index (χ2v) is 7.54. The molecule has 6 nitrogen and oxygen atoms in total. The third kappa shape index (κ3) is 4.00. The van der Waals surface area contributed by atoms with E-state index in [2.05, 4.69) is 20.0 Å². The number of benzene rings is 1. The first-order valence-corrected chi connectivity index (χ1v) is 9.91. The summed E-state index contributed by atoms with van der Waals surface area (Å²) >= 11 is 6.32. The van der Waals surface area contributed by atoms with Crippen LogP contribution in [0.15, 0.2) is 42.6 Å². The number of rotatable bonds is 3. The van der Waals surface area contributed by atoms with E-state index in [-0.39, 0.29) is 11.8 Å². The molecule has 0 saturated carbocycles. The predicted octanol–water partition coefficient (Wildman–Crippen LogP) is 2.70. The number of hydrogen-bond donors (Lipinski definition) is 0. The number of halogens is 1. The van der Waals surface area contributed by atoms with Crippen LogP contribution in [-0.2, 0) is 4.79 Å². The molecule has 3 heterocycles. The summed E-state index contributed by atoms with van der Waals surface area (Å²) in [6.45, 7) is 4.85. The lowest BCUT2D eigenvalue weighted by atomic mass is 10.1. The maximum atomic E-state index is 13.1. The van der Waals surface area contributed by atoms with Crippen LogP contribution in [-0.4, -0.2) is 60.3 Å². The molecule has 142 valence electrons. The Morgan fingerprint density at radius 1 is 1.00 bits per heavy atom. The van der Waals surface area contributed by atoms with E-state index in [1.54, 1.807) is 6.20 Å². The van der Waals surface area contributed by atoms with Crippen molar-refractivity contribution in [1.82, 2.24) is 15.1 Å². The zero-order chi connectivity index (χ0) is 18.6. The van der Waals surface area contributed by atoms with E-state index in [0.717, 1.165) is 68.6 Å². The summed E-state index contributed by atoms with van der Waals surface area (Å²) in [6.07, 6.45) is 3.51. The summed E-state index contributed by atoms with van der Waals surface area (Å²) in [5.41, 5.74) is 1.03. The van der Waals surface area contributed by atoms with Crippen LogP contribution in [0.3, 0.4) is 0 Å². The van der Waals surface area contributed by atoms with Crippen molar-refractivity contribution in [2.45, 2.75) is 12.8 Å². The summed E-state index contributed by atoms with van der Waals surface area (Å²) in [4.78, 5) is 19.5. The fourth-order valence-electron chi connectivity index (χ4n) is 3.98. The van der Waals surface area contributed by atoms with Crippen LogP contribution in [0.1, 0.15) is 12.8 Å². The van der Waals surface area contributed by atoms with Gasteiger partial charge in [0, 0.05) is 45.5 Å². The third-order valence-electron chi connectivity index (χ3n) is 5.42. The summed E-state index contributed by atoms with van der Waals surface area (Å²) in [5, 5.41) is 8.91. The van der Waals surface area contributed by atoms with E-state index in [0.29, 0.717) is 0 Å². The van der Waals surface area contributed by atoms with Gasteiger partial charge in [-0.15, -0.1) is 5.10 Å². The lowest BCUT2D eigenvalue weighted by Gasteiger charge is -2.25. The number of carbonyl (C=O) groups excluding carboxylic acids is 1. The average molecular weight is 386 g/mol. The fraction of sp³-hybridized carbons (Fsp3) is 0.450. The molecule has 2 aliphatic rings. The van der Waals surface area contributed by atoms with Gasteiger partial charge in [0.05, 0.1) is 16.6 Å². The monoisotopic (exact) mass is 385 g/mol. The van der Waals surface area contributed by atoms with Crippen molar-refractivity contribution in [2.24, 2.45) is 5.92 Å². The lowest BCUT2D eigenvalue weighted by Crippen LogP contribution is -2.40. The molecule has 0 spiro atoms. The molecule has 4 rings (SSSR count). The quantitative estimate of drug-likeness (QED) is 0.813. The molecule has 2 fully saturated rings. The number of para-hydroxylation sites is 1. The molecule has 2 saturated heterocycles. The maximum Gasteiger partial charge on any atom is 0.227 e. The van der Waals surface area contributed by atoms with Crippen molar-refractivity contribution in [1.29, 1.82) is 0 Å². The average Bonchev–Trinajstić information content (AvgIpc) is 3.06. The van der Waals surface area contributed by atoms with E-state index < -0.39 is 0 Å². The van der Waals surface area contributed by atoms with Crippen LogP contribution < -0.4 is 9.80 Å². The van der Waals surface area contributed by atoms with Crippen molar-refractivity contribution in [3.05, 3.63) is 47.6 Å². The van der Waals surface area contributed by atoms with Crippen LogP contribution in [0.5, 0.6) is 0 Å². The minimum atomic E-state index is 0.0457. The predicted molar refractivity (Wildman–Crippen MR) is 107 cm³/mol. The molecule has 0 radical (unpaired) electrons. The van der Waals surface area contributed by atoms with Gasteiger partial charge in [0.1, 0.15) is 0 Å². The SMILES string of the molecule is O=C([C@H]1CCN(c2ccccc2Cl)C1)N1CCCN(c2cccnn2)CC1. The summed E-state index contributed by atoms with van der Waals surface area (Å²) in [7, 11) is 0. The maximum absolute atomic E-state index is 13.1. The molecule has 27 heavy (non-hydrogen) atoms. The lowest BCUT2D eigenvalue weighted by molar-refractivity contribution is -0.134. The van der Waals surface area contributed by atoms with Gasteiger partial charge in [-0.2, -0.15) is 5.10 Å². The van der Waals surface area contributed by atoms with E-state index >= 15 is 0 Å². The van der Waals surface area contributed by atoms with Crippen molar-refractivity contribution >= 4 is 29.0 Å². The highest BCUT2D eigenvalue weighted by molar-refractivity contribution is 6.33. The van der Waals surface area contributed by atoms with Crippen LogP contribution >= 0.6 is 11.6 Å². The molecule has 2 aliphatic heterocycles. The number of hydrogen-bond acceptors (Lipinski definition) is 5. The molecular weight excluding hydrogens is 362 g/mol. The minimum Gasteiger partial charge on any atom is -0.370 e. The first-order valence-electron chi connectivity index (χ1n) is 9.53. The smallest absolute Gasteiger partial charge is 0.227 e. The Bertz CT molecular complexity index is 787. The van der Waals surface area contributed by atoms with Gasteiger partial charge in [-0.05, 0) is 37.1 Å². The molecule has 0 bridgehead atoms. The largest absolute Gasteiger partial charge is 0.370 e. The van der Waals surface area contributed by atoms with Crippen LogP contribution in [0, 0.1) is 5.92 Å². The first-order chi connectivity index (χ1) is 13.2. The van der Waals surface area contributed by atoms with Gasteiger partial charge in [0.25, 0.3) is 0 Å². The van der Waals surface area contributed by atoms with E-state index in [1.807, 2.05) is 41.3 Å². The zero-order valence-electron chi connectivity index (χ0n) is 15.3. The molecule has 0 aliphatic carbocycles. The Balaban J connectivity index is 1.37. The molecule has 1 amide bonds. The van der Waals surface area contributed by atoms with E-state index in [1.165, 1.54) is 0 Å². The molecule has 0 unspecified atom stereocenters. The fourth-order valence-corrected chi connectivity index (χ4v) is 4.23. The van der Waals surface area contributed by atoms with Crippen molar-refractivity contribution in [3.63, 3.8) is 0 Å². The number of anilines is 2. The number of aromatic nitrogens is 2. The number of amides is 1. The van der Waals surface area contributed by atoms with Crippen LogP contribution in [0.25, 0.3) is 0 Å². The molecular formula is C20H24ClN5O. The molecule has 1 aromatic carbocycles. The third-order valence-corrected chi connectivity index (χ3v) is 5.74. The Labute approximate surface area is 164 Å². The highest BCUT2D eigenvalue weighted by Gasteiger charge is 2.33. The second-order valence-electron chi connectivity index (χ2n) is 7.13. The molecule has 1 atom stereocenters. The van der Waals surface area contributed by atoms with Gasteiger partial charge in [0.15, 0.2) is 5.82 Å². The highest BCUT2D eigenvalue weighted by atomic mass is 35.5. The van der Waals surface area contributed by atoms with E-state index in [4.69, 9.17) is 11.6 Å².